The quantitative estimate of drug-likeness (QED) is 0.913. The molecule has 1 N–H and O–H groups in total. The van der Waals surface area contributed by atoms with Gasteiger partial charge in [-0.3, -0.25) is 0 Å². The van der Waals surface area contributed by atoms with Gasteiger partial charge >= 0.3 is 0 Å². The summed E-state index contributed by atoms with van der Waals surface area (Å²) in [5.74, 6) is 0.782. The number of methoxy groups -OCH3 is 1. The third-order valence-electron chi connectivity index (χ3n) is 1.98. The summed E-state index contributed by atoms with van der Waals surface area (Å²) in [5, 5.41) is 11.8. The molecule has 1 rings (SSSR count). The lowest BCUT2D eigenvalue weighted by atomic mass is 10.2. The van der Waals surface area contributed by atoms with E-state index < -0.39 is 0 Å². The zero-order chi connectivity index (χ0) is 11.3. The van der Waals surface area contributed by atoms with E-state index in [1.807, 2.05) is 25.1 Å². The summed E-state index contributed by atoms with van der Waals surface area (Å²) in [6.07, 6.45) is 0. The molecule has 0 saturated carbocycles. The number of halogens is 1. The van der Waals surface area contributed by atoms with E-state index >= 15 is 0 Å². The molecule has 1 aromatic carbocycles. The van der Waals surface area contributed by atoms with Gasteiger partial charge in [-0.05, 0) is 35.0 Å². The lowest BCUT2D eigenvalue weighted by Crippen LogP contribution is -2.09. The van der Waals surface area contributed by atoms with Crippen molar-refractivity contribution in [3.05, 3.63) is 22.7 Å². The minimum Gasteiger partial charge on any atom is -0.495 e. The van der Waals surface area contributed by atoms with Crippen LogP contribution in [0.1, 0.15) is 6.92 Å². The maximum atomic E-state index is 8.64. The Morgan fingerprint density at radius 3 is 2.93 bits per heavy atom. The predicted octanol–water partition coefficient (Wildman–Crippen LogP) is 3.03. The highest BCUT2D eigenvalue weighted by atomic mass is 79.9. The van der Waals surface area contributed by atoms with Crippen molar-refractivity contribution in [3.8, 4) is 11.8 Å². The highest BCUT2D eigenvalue weighted by Gasteiger charge is 2.03. The number of nitriles is 1. The zero-order valence-electron chi connectivity index (χ0n) is 8.75. The number of anilines is 1. The van der Waals surface area contributed by atoms with Gasteiger partial charge in [-0.2, -0.15) is 5.26 Å². The lowest BCUT2D eigenvalue weighted by Gasteiger charge is -2.10. The van der Waals surface area contributed by atoms with Crippen molar-refractivity contribution in [3.63, 3.8) is 0 Å². The van der Waals surface area contributed by atoms with Gasteiger partial charge in [-0.25, -0.2) is 0 Å². The third kappa shape index (κ3) is 3.45. The van der Waals surface area contributed by atoms with E-state index in [-0.39, 0.29) is 5.92 Å². The predicted molar refractivity (Wildman–Crippen MR) is 64.0 cm³/mol. The number of ether oxygens (including phenoxy) is 1. The first-order chi connectivity index (χ1) is 7.17. The number of hydrogen-bond donors (Lipinski definition) is 1. The minimum atomic E-state index is -0.000332. The number of hydrogen-bond acceptors (Lipinski definition) is 3. The molecule has 1 unspecified atom stereocenters. The zero-order valence-corrected chi connectivity index (χ0v) is 10.3. The van der Waals surface area contributed by atoms with Crippen LogP contribution in [0.15, 0.2) is 22.7 Å². The average Bonchev–Trinajstić information content (AvgIpc) is 2.27. The van der Waals surface area contributed by atoms with Gasteiger partial charge in [0.1, 0.15) is 5.75 Å². The van der Waals surface area contributed by atoms with E-state index in [9.17, 15) is 0 Å². The van der Waals surface area contributed by atoms with Crippen LogP contribution in [0.25, 0.3) is 0 Å². The van der Waals surface area contributed by atoms with Gasteiger partial charge < -0.3 is 10.1 Å². The fraction of sp³-hybridized carbons (Fsp3) is 0.364. The van der Waals surface area contributed by atoms with Gasteiger partial charge in [-0.15, -0.1) is 0 Å². The summed E-state index contributed by atoms with van der Waals surface area (Å²) < 4.78 is 6.09. The van der Waals surface area contributed by atoms with Crippen LogP contribution >= 0.6 is 15.9 Å². The molecule has 80 valence electrons. The standard InChI is InChI=1S/C11H13BrN2O/c1-8(6-13)7-14-9-3-4-10(12)11(5-9)15-2/h3-5,8,14H,7H2,1-2H3. The molecule has 0 bridgehead atoms. The van der Waals surface area contributed by atoms with Crippen LogP contribution in [0.4, 0.5) is 5.69 Å². The Hall–Kier alpha value is -1.21. The number of nitrogens with zero attached hydrogens (tertiary/aromatic N) is 1. The molecule has 0 heterocycles. The normalized spacial score (nSPS) is 11.6. The summed E-state index contributed by atoms with van der Waals surface area (Å²) in [6.45, 7) is 2.52. The molecule has 0 fully saturated rings. The second-order valence-corrected chi connectivity index (χ2v) is 4.11. The van der Waals surface area contributed by atoms with Crippen LogP contribution in [0.2, 0.25) is 0 Å². The fourth-order valence-electron chi connectivity index (χ4n) is 1.09. The van der Waals surface area contributed by atoms with E-state index in [0.29, 0.717) is 6.54 Å². The van der Waals surface area contributed by atoms with Crippen LogP contribution in [-0.2, 0) is 0 Å². The molecule has 0 aliphatic heterocycles. The van der Waals surface area contributed by atoms with Crippen molar-refractivity contribution in [2.75, 3.05) is 19.0 Å². The molecule has 4 heteroatoms. The summed E-state index contributed by atoms with van der Waals surface area (Å²) in [4.78, 5) is 0. The number of nitrogens with one attached hydrogen (secondary N) is 1. The summed E-state index contributed by atoms with van der Waals surface area (Å²) >= 11 is 3.38. The maximum Gasteiger partial charge on any atom is 0.135 e. The first-order valence-electron chi connectivity index (χ1n) is 4.64. The van der Waals surface area contributed by atoms with E-state index in [1.54, 1.807) is 7.11 Å². The van der Waals surface area contributed by atoms with E-state index in [0.717, 1.165) is 15.9 Å². The molecule has 15 heavy (non-hydrogen) atoms. The van der Waals surface area contributed by atoms with E-state index in [1.165, 1.54) is 0 Å². The average molecular weight is 269 g/mol. The number of benzene rings is 1. The number of rotatable bonds is 4. The van der Waals surface area contributed by atoms with Gasteiger partial charge in [0.25, 0.3) is 0 Å². The van der Waals surface area contributed by atoms with Crippen molar-refractivity contribution >= 4 is 21.6 Å². The molecule has 0 aliphatic rings. The van der Waals surface area contributed by atoms with Gasteiger partial charge in [0.15, 0.2) is 0 Å². The highest BCUT2D eigenvalue weighted by molar-refractivity contribution is 9.10. The summed E-state index contributed by atoms with van der Waals surface area (Å²) in [7, 11) is 1.63. The van der Waals surface area contributed by atoms with E-state index in [2.05, 4.69) is 27.3 Å². The third-order valence-corrected chi connectivity index (χ3v) is 2.64. The van der Waals surface area contributed by atoms with Crippen LogP contribution in [0, 0.1) is 17.2 Å². The summed E-state index contributed by atoms with van der Waals surface area (Å²) in [5.41, 5.74) is 0.956. The molecular formula is C11H13BrN2O. The molecule has 0 aliphatic carbocycles. The van der Waals surface area contributed by atoms with Crippen LogP contribution < -0.4 is 10.1 Å². The van der Waals surface area contributed by atoms with Gasteiger partial charge in [-0.1, -0.05) is 0 Å². The van der Waals surface area contributed by atoms with Crippen LogP contribution in [0.5, 0.6) is 5.75 Å². The van der Waals surface area contributed by atoms with Crippen molar-refractivity contribution < 1.29 is 4.74 Å². The minimum absolute atomic E-state index is 0.000332. The van der Waals surface area contributed by atoms with E-state index in [4.69, 9.17) is 10.00 Å². The Kier molecular flexibility index (Phi) is 4.44. The monoisotopic (exact) mass is 268 g/mol. The summed E-state index contributed by atoms with van der Waals surface area (Å²) in [6, 6.07) is 7.93. The van der Waals surface area contributed by atoms with Gasteiger partial charge in [0.05, 0.1) is 23.6 Å². The van der Waals surface area contributed by atoms with Crippen molar-refractivity contribution in [1.82, 2.24) is 0 Å². The van der Waals surface area contributed by atoms with Crippen molar-refractivity contribution in [2.24, 2.45) is 5.92 Å². The maximum absolute atomic E-state index is 8.64. The second kappa shape index (κ2) is 5.62. The second-order valence-electron chi connectivity index (χ2n) is 3.26. The first kappa shape index (κ1) is 11.9. The van der Waals surface area contributed by atoms with Gasteiger partial charge in [0, 0.05) is 18.3 Å². The molecule has 0 spiro atoms. The largest absolute Gasteiger partial charge is 0.495 e. The molecule has 3 nitrogen and oxygen atoms in total. The molecule has 0 saturated heterocycles. The molecule has 0 amide bonds. The molecule has 1 aromatic rings. The topological polar surface area (TPSA) is 45.0 Å². The molecule has 1 atom stereocenters. The van der Waals surface area contributed by atoms with Crippen LogP contribution in [-0.4, -0.2) is 13.7 Å². The smallest absolute Gasteiger partial charge is 0.135 e. The Balaban J connectivity index is 2.67. The van der Waals surface area contributed by atoms with Crippen LogP contribution in [0.3, 0.4) is 0 Å². The SMILES string of the molecule is COc1cc(NCC(C)C#N)ccc1Br. The Morgan fingerprint density at radius 2 is 2.33 bits per heavy atom. The molecule has 0 radical (unpaired) electrons. The van der Waals surface area contributed by atoms with Gasteiger partial charge in [0.2, 0.25) is 0 Å². The molecular weight excluding hydrogens is 256 g/mol. The Labute approximate surface area is 98.2 Å². The van der Waals surface area contributed by atoms with Crippen molar-refractivity contribution in [2.45, 2.75) is 6.92 Å². The lowest BCUT2D eigenvalue weighted by molar-refractivity contribution is 0.412. The fourth-order valence-corrected chi connectivity index (χ4v) is 1.49. The van der Waals surface area contributed by atoms with Crippen molar-refractivity contribution in [1.29, 1.82) is 5.26 Å². The Bertz CT molecular complexity index is 373. The highest BCUT2D eigenvalue weighted by Crippen LogP contribution is 2.27. The molecule has 0 aromatic heterocycles. The first-order valence-corrected chi connectivity index (χ1v) is 5.43. The Morgan fingerprint density at radius 1 is 1.60 bits per heavy atom.